The van der Waals surface area contributed by atoms with Crippen LogP contribution in [0.15, 0.2) is 30.4 Å². The third-order valence-corrected chi connectivity index (χ3v) is 6.23. The Morgan fingerprint density at radius 3 is 2.45 bits per heavy atom. The van der Waals surface area contributed by atoms with Crippen LogP contribution in [-0.4, -0.2) is 13.7 Å². The monoisotopic (exact) mass is 351 g/mol. The van der Waals surface area contributed by atoms with Crippen LogP contribution in [0.3, 0.4) is 0 Å². The van der Waals surface area contributed by atoms with Gasteiger partial charge >= 0.3 is 6.18 Å². The van der Waals surface area contributed by atoms with Gasteiger partial charge in [0.05, 0.1) is 16.5 Å². The molecule has 0 amide bonds. The van der Waals surface area contributed by atoms with Crippen molar-refractivity contribution in [3.8, 4) is 0 Å². The first-order valence-corrected chi connectivity index (χ1v) is 8.66. The van der Waals surface area contributed by atoms with E-state index in [4.69, 9.17) is 11.6 Å². The number of fused-ring (bicyclic) bond motifs is 2. The molecule has 0 unspecified atom stereocenters. The van der Waals surface area contributed by atoms with E-state index in [0.29, 0.717) is 6.42 Å². The molecular weight excluding hydrogens is 339 g/mol. The van der Waals surface area contributed by atoms with Crippen molar-refractivity contribution in [2.24, 2.45) is 11.8 Å². The van der Waals surface area contributed by atoms with Crippen LogP contribution in [0.2, 0.25) is 5.02 Å². The summed E-state index contributed by atoms with van der Waals surface area (Å²) in [5.41, 5.74) is -1.56. The average Bonchev–Trinajstić information content (AvgIpc) is 3.02. The van der Waals surface area contributed by atoms with E-state index in [0.717, 1.165) is 18.6 Å². The molecule has 3 rings (SSSR count). The van der Waals surface area contributed by atoms with Gasteiger partial charge in [-0.2, -0.15) is 13.2 Å². The summed E-state index contributed by atoms with van der Waals surface area (Å²) >= 11 is 5.59. The Labute approximate surface area is 131 Å². The first-order valence-electron chi connectivity index (χ1n) is 6.73. The van der Waals surface area contributed by atoms with Gasteiger partial charge < -0.3 is 0 Å². The van der Waals surface area contributed by atoms with Crippen molar-refractivity contribution < 1.29 is 21.6 Å². The molecule has 1 saturated carbocycles. The number of alkyl halides is 3. The van der Waals surface area contributed by atoms with E-state index >= 15 is 0 Å². The average molecular weight is 352 g/mol. The van der Waals surface area contributed by atoms with Gasteiger partial charge in [0.1, 0.15) is 0 Å². The van der Waals surface area contributed by atoms with E-state index in [2.05, 4.69) is 4.72 Å². The van der Waals surface area contributed by atoms with E-state index in [1.807, 2.05) is 12.2 Å². The number of hydrogen-bond donors (Lipinski definition) is 1. The third-order valence-electron chi connectivity index (χ3n) is 4.16. The topological polar surface area (TPSA) is 46.2 Å². The highest BCUT2D eigenvalue weighted by atomic mass is 35.5. The first kappa shape index (κ1) is 15.7. The van der Waals surface area contributed by atoms with Crippen molar-refractivity contribution in [2.45, 2.75) is 24.3 Å². The van der Waals surface area contributed by atoms with Crippen molar-refractivity contribution in [1.82, 2.24) is 0 Å². The fraction of sp³-hybridized carbons (Fsp3) is 0.429. The predicted molar refractivity (Wildman–Crippen MR) is 78.1 cm³/mol. The maximum absolute atomic E-state index is 13.0. The van der Waals surface area contributed by atoms with Crippen LogP contribution in [0.4, 0.5) is 18.9 Å². The van der Waals surface area contributed by atoms with Gasteiger partial charge in [0.25, 0.3) is 0 Å². The molecule has 1 aromatic rings. The molecule has 2 bridgehead atoms. The number of anilines is 1. The molecule has 1 N–H and O–H groups in total. The summed E-state index contributed by atoms with van der Waals surface area (Å²) in [5.74, 6) is 0.0861. The quantitative estimate of drug-likeness (QED) is 0.834. The van der Waals surface area contributed by atoms with E-state index in [9.17, 15) is 21.6 Å². The van der Waals surface area contributed by atoms with Crippen molar-refractivity contribution in [3.05, 3.63) is 40.9 Å². The summed E-state index contributed by atoms with van der Waals surface area (Å²) in [6.07, 6.45) is 0.325. The number of allylic oxidation sites excluding steroid dienone is 2. The van der Waals surface area contributed by atoms with Crippen LogP contribution in [0.5, 0.6) is 0 Å². The molecule has 0 aromatic heterocycles. The summed E-state index contributed by atoms with van der Waals surface area (Å²) in [7, 11) is -3.88. The lowest BCUT2D eigenvalue weighted by atomic mass is 10.1. The van der Waals surface area contributed by atoms with Gasteiger partial charge in [0.2, 0.25) is 10.0 Å². The summed E-state index contributed by atoms with van der Waals surface area (Å²) < 4.78 is 66.0. The minimum atomic E-state index is -4.68. The zero-order valence-electron chi connectivity index (χ0n) is 11.3. The number of benzene rings is 1. The van der Waals surface area contributed by atoms with Gasteiger partial charge in [-0.15, -0.1) is 0 Å². The van der Waals surface area contributed by atoms with E-state index in [-0.39, 0.29) is 16.9 Å². The fourth-order valence-corrected chi connectivity index (χ4v) is 5.13. The molecule has 1 aromatic carbocycles. The number of halogens is 4. The van der Waals surface area contributed by atoms with E-state index in [1.54, 1.807) is 0 Å². The molecule has 1 fully saturated rings. The van der Waals surface area contributed by atoms with Gasteiger partial charge in [-0.1, -0.05) is 23.8 Å². The lowest BCUT2D eigenvalue weighted by Crippen LogP contribution is -2.31. The highest BCUT2D eigenvalue weighted by Gasteiger charge is 2.44. The number of hydrogen-bond acceptors (Lipinski definition) is 2. The second-order valence-electron chi connectivity index (χ2n) is 5.65. The zero-order valence-corrected chi connectivity index (χ0v) is 12.8. The van der Waals surface area contributed by atoms with E-state index in [1.165, 1.54) is 6.07 Å². The largest absolute Gasteiger partial charge is 0.418 e. The summed E-state index contributed by atoms with van der Waals surface area (Å²) in [6.45, 7) is 0. The molecule has 0 heterocycles. The number of sulfonamides is 1. The molecule has 2 aliphatic rings. The molecular formula is C14H13ClF3NO2S. The Hall–Kier alpha value is -1.21. The first-order chi connectivity index (χ1) is 10.2. The van der Waals surface area contributed by atoms with Crippen molar-refractivity contribution in [3.63, 3.8) is 0 Å². The normalized spacial score (nSPS) is 27.4. The van der Waals surface area contributed by atoms with Gasteiger partial charge in [-0.05, 0) is 42.9 Å². The standard InChI is InChI=1S/C14H13ClF3NO2S/c15-10-3-4-12(11(7-10)14(16,17)18)19-22(20,21)13-6-8-1-2-9(13)5-8/h1-4,7-9,13,19H,5-6H2/t8-,9-,13-/m0/s1. The Kier molecular flexibility index (Phi) is 3.68. The van der Waals surface area contributed by atoms with Gasteiger partial charge in [-0.3, -0.25) is 4.72 Å². The molecule has 0 spiro atoms. The summed E-state index contributed by atoms with van der Waals surface area (Å²) in [5, 5.41) is -0.780. The Morgan fingerprint density at radius 1 is 1.18 bits per heavy atom. The maximum Gasteiger partial charge on any atom is 0.418 e. The molecule has 120 valence electrons. The minimum absolute atomic E-state index is 0.0990. The highest BCUT2D eigenvalue weighted by Crippen LogP contribution is 2.44. The minimum Gasteiger partial charge on any atom is -0.283 e. The second kappa shape index (κ2) is 5.16. The fourth-order valence-electron chi connectivity index (χ4n) is 3.16. The Balaban J connectivity index is 1.91. The predicted octanol–water partition coefficient (Wildman–Crippen LogP) is 4.07. The van der Waals surface area contributed by atoms with Crippen LogP contribution in [-0.2, 0) is 16.2 Å². The second-order valence-corrected chi connectivity index (χ2v) is 7.99. The van der Waals surface area contributed by atoms with Gasteiger partial charge in [0.15, 0.2) is 0 Å². The SMILES string of the molecule is O=S(=O)(Nc1ccc(Cl)cc1C(F)(F)F)[C@H]1C[C@H]2C=C[C@H]1C2. The molecule has 0 radical (unpaired) electrons. The molecule has 22 heavy (non-hydrogen) atoms. The summed E-state index contributed by atoms with van der Waals surface area (Å²) in [4.78, 5) is 0. The Morgan fingerprint density at radius 2 is 1.91 bits per heavy atom. The van der Waals surface area contributed by atoms with E-state index < -0.39 is 32.7 Å². The molecule has 0 aliphatic heterocycles. The van der Waals surface area contributed by atoms with Crippen LogP contribution < -0.4 is 4.72 Å². The molecule has 3 nitrogen and oxygen atoms in total. The molecule has 8 heteroatoms. The van der Waals surface area contributed by atoms with Crippen LogP contribution >= 0.6 is 11.6 Å². The van der Waals surface area contributed by atoms with Crippen LogP contribution in [0, 0.1) is 11.8 Å². The van der Waals surface area contributed by atoms with Crippen molar-refractivity contribution in [1.29, 1.82) is 0 Å². The zero-order chi connectivity index (χ0) is 16.1. The van der Waals surface area contributed by atoms with Crippen LogP contribution in [0.25, 0.3) is 0 Å². The van der Waals surface area contributed by atoms with Gasteiger partial charge in [0, 0.05) is 5.02 Å². The number of nitrogens with one attached hydrogen (secondary N) is 1. The smallest absolute Gasteiger partial charge is 0.283 e. The van der Waals surface area contributed by atoms with Crippen molar-refractivity contribution in [2.75, 3.05) is 4.72 Å². The third kappa shape index (κ3) is 2.84. The maximum atomic E-state index is 13.0. The molecule has 3 atom stereocenters. The Bertz CT molecular complexity index is 730. The lowest BCUT2D eigenvalue weighted by molar-refractivity contribution is -0.136. The lowest BCUT2D eigenvalue weighted by Gasteiger charge is -2.21. The summed E-state index contributed by atoms with van der Waals surface area (Å²) in [6, 6.07) is 3.00. The molecule has 0 saturated heterocycles. The van der Waals surface area contributed by atoms with Crippen molar-refractivity contribution >= 4 is 27.3 Å². The van der Waals surface area contributed by atoms with Gasteiger partial charge in [-0.25, -0.2) is 8.42 Å². The molecule has 2 aliphatic carbocycles. The number of rotatable bonds is 3. The highest BCUT2D eigenvalue weighted by molar-refractivity contribution is 7.93. The van der Waals surface area contributed by atoms with Crippen LogP contribution in [0.1, 0.15) is 18.4 Å².